The SMILES string of the molecule is Cc1cncc(-c2cccc(C(=O)CC(=O)O)c2)n1. The van der Waals surface area contributed by atoms with E-state index in [1.807, 2.05) is 6.92 Å². The van der Waals surface area contributed by atoms with Gasteiger partial charge in [0.1, 0.15) is 6.42 Å². The number of nitrogens with zero attached hydrogens (tertiary/aromatic N) is 2. The van der Waals surface area contributed by atoms with E-state index in [-0.39, 0.29) is 0 Å². The van der Waals surface area contributed by atoms with E-state index in [1.165, 1.54) is 0 Å². The van der Waals surface area contributed by atoms with Gasteiger partial charge < -0.3 is 5.11 Å². The Kier molecular flexibility index (Phi) is 3.66. The smallest absolute Gasteiger partial charge is 0.311 e. The average Bonchev–Trinajstić information content (AvgIpc) is 2.38. The number of carboxylic acid groups (broad SMARTS) is 1. The fourth-order valence-electron chi connectivity index (χ4n) is 1.69. The van der Waals surface area contributed by atoms with Crippen LogP contribution in [0.3, 0.4) is 0 Å². The maximum atomic E-state index is 11.7. The fraction of sp³-hybridized carbons (Fsp3) is 0.143. The Hall–Kier alpha value is -2.56. The highest BCUT2D eigenvalue weighted by molar-refractivity contribution is 6.05. The molecule has 0 aliphatic carbocycles. The average molecular weight is 256 g/mol. The Morgan fingerprint density at radius 1 is 1.26 bits per heavy atom. The van der Waals surface area contributed by atoms with Gasteiger partial charge >= 0.3 is 5.97 Å². The van der Waals surface area contributed by atoms with Crippen LogP contribution in [0.1, 0.15) is 22.5 Å². The van der Waals surface area contributed by atoms with Crippen molar-refractivity contribution in [2.24, 2.45) is 0 Å². The van der Waals surface area contributed by atoms with Gasteiger partial charge in [-0.15, -0.1) is 0 Å². The first kappa shape index (κ1) is 12.9. The van der Waals surface area contributed by atoms with Crippen LogP contribution >= 0.6 is 0 Å². The first-order valence-electron chi connectivity index (χ1n) is 5.70. The lowest BCUT2D eigenvalue weighted by Gasteiger charge is -2.04. The molecule has 0 atom stereocenters. The van der Waals surface area contributed by atoms with E-state index < -0.39 is 18.2 Å². The summed E-state index contributed by atoms with van der Waals surface area (Å²) < 4.78 is 0. The summed E-state index contributed by atoms with van der Waals surface area (Å²) in [7, 11) is 0. The summed E-state index contributed by atoms with van der Waals surface area (Å²) in [6, 6.07) is 6.74. The minimum absolute atomic E-state index is 0.364. The highest BCUT2D eigenvalue weighted by Crippen LogP contribution is 2.18. The lowest BCUT2D eigenvalue weighted by molar-refractivity contribution is -0.135. The standard InChI is InChI=1S/C14H12N2O3/c1-9-7-15-8-12(16-9)10-3-2-4-11(5-10)13(17)6-14(18)19/h2-5,7-8H,6H2,1H3,(H,18,19). The highest BCUT2D eigenvalue weighted by Gasteiger charge is 2.11. The number of ketones is 1. The van der Waals surface area contributed by atoms with Crippen LogP contribution in [0.2, 0.25) is 0 Å². The number of carbonyl (C=O) groups excluding carboxylic acids is 1. The Morgan fingerprint density at radius 2 is 2.05 bits per heavy atom. The largest absolute Gasteiger partial charge is 0.481 e. The van der Waals surface area contributed by atoms with Gasteiger partial charge in [-0.25, -0.2) is 4.98 Å². The second-order valence-corrected chi connectivity index (χ2v) is 4.12. The Balaban J connectivity index is 2.34. The molecule has 19 heavy (non-hydrogen) atoms. The van der Waals surface area contributed by atoms with Crippen molar-refractivity contribution in [3.8, 4) is 11.3 Å². The Bertz CT molecular complexity index is 638. The maximum Gasteiger partial charge on any atom is 0.311 e. The van der Waals surface area contributed by atoms with Crippen molar-refractivity contribution in [3.05, 3.63) is 47.9 Å². The van der Waals surface area contributed by atoms with Gasteiger partial charge in [0.15, 0.2) is 5.78 Å². The monoisotopic (exact) mass is 256 g/mol. The zero-order valence-corrected chi connectivity index (χ0v) is 10.3. The van der Waals surface area contributed by atoms with Crippen molar-refractivity contribution in [2.75, 3.05) is 0 Å². The molecular weight excluding hydrogens is 244 g/mol. The lowest BCUT2D eigenvalue weighted by atomic mass is 10.0. The second kappa shape index (κ2) is 5.39. The first-order valence-corrected chi connectivity index (χ1v) is 5.70. The predicted molar refractivity (Wildman–Crippen MR) is 68.8 cm³/mol. The molecule has 0 aliphatic heterocycles. The van der Waals surface area contributed by atoms with Crippen LogP contribution in [-0.2, 0) is 4.79 Å². The minimum atomic E-state index is -1.13. The normalized spacial score (nSPS) is 10.2. The molecule has 0 radical (unpaired) electrons. The van der Waals surface area contributed by atoms with Gasteiger partial charge in [-0.2, -0.15) is 0 Å². The Morgan fingerprint density at radius 3 is 2.74 bits per heavy atom. The molecule has 1 aromatic carbocycles. The van der Waals surface area contributed by atoms with E-state index in [2.05, 4.69) is 9.97 Å². The van der Waals surface area contributed by atoms with Crippen LogP contribution in [0.25, 0.3) is 11.3 Å². The molecule has 1 N–H and O–H groups in total. The van der Waals surface area contributed by atoms with E-state index >= 15 is 0 Å². The summed E-state index contributed by atoms with van der Waals surface area (Å²) in [5.41, 5.74) is 2.54. The van der Waals surface area contributed by atoms with Crippen LogP contribution in [0.15, 0.2) is 36.7 Å². The van der Waals surface area contributed by atoms with Crippen LogP contribution in [0, 0.1) is 6.92 Å². The number of aromatic nitrogens is 2. The molecule has 0 saturated heterocycles. The number of carbonyl (C=O) groups is 2. The zero-order chi connectivity index (χ0) is 13.8. The summed E-state index contributed by atoms with van der Waals surface area (Å²) in [4.78, 5) is 30.6. The van der Waals surface area contributed by atoms with Gasteiger partial charge in [-0.1, -0.05) is 18.2 Å². The number of Topliss-reactive ketones (excluding diaryl/α,β-unsaturated/α-hetero) is 1. The van der Waals surface area contributed by atoms with Crippen molar-refractivity contribution in [1.29, 1.82) is 0 Å². The van der Waals surface area contributed by atoms with Crippen molar-refractivity contribution in [2.45, 2.75) is 13.3 Å². The fourth-order valence-corrected chi connectivity index (χ4v) is 1.69. The summed E-state index contributed by atoms with van der Waals surface area (Å²) in [6.45, 7) is 1.83. The van der Waals surface area contributed by atoms with E-state index in [4.69, 9.17) is 5.11 Å². The molecule has 2 rings (SSSR count). The molecule has 5 nitrogen and oxygen atoms in total. The van der Waals surface area contributed by atoms with E-state index in [1.54, 1.807) is 36.7 Å². The number of carboxylic acids is 1. The van der Waals surface area contributed by atoms with Crippen molar-refractivity contribution < 1.29 is 14.7 Å². The number of benzene rings is 1. The lowest BCUT2D eigenvalue weighted by Crippen LogP contribution is -2.07. The van der Waals surface area contributed by atoms with Crippen LogP contribution in [-0.4, -0.2) is 26.8 Å². The summed E-state index contributed by atoms with van der Waals surface area (Å²) in [6.07, 6.45) is 2.74. The van der Waals surface area contributed by atoms with Crippen molar-refractivity contribution >= 4 is 11.8 Å². The summed E-state index contributed by atoms with van der Waals surface area (Å²) >= 11 is 0. The molecule has 0 amide bonds. The predicted octanol–water partition coefficient (Wildman–Crippen LogP) is 2.11. The third kappa shape index (κ3) is 3.22. The first-order chi connectivity index (χ1) is 9.06. The molecule has 0 bridgehead atoms. The van der Waals surface area contributed by atoms with Crippen LogP contribution in [0.4, 0.5) is 0 Å². The quantitative estimate of drug-likeness (QED) is 0.669. The topological polar surface area (TPSA) is 80.2 Å². The molecule has 0 spiro atoms. The molecule has 0 aliphatic rings. The molecule has 2 aromatic rings. The van der Waals surface area contributed by atoms with Gasteiger partial charge in [-0.05, 0) is 13.0 Å². The maximum absolute atomic E-state index is 11.7. The second-order valence-electron chi connectivity index (χ2n) is 4.12. The van der Waals surface area contributed by atoms with E-state index in [0.29, 0.717) is 11.3 Å². The summed E-state index contributed by atoms with van der Waals surface area (Å²) in [5.74, 6) is -1.55. The van der Waals surface area contributed by atoms with Gasteiger partial charge in [-0.3, -0.25) is 14.6 Å². The third-order valence-corrected chi connectivity index (χ3v) is 2.55. The minimum Gasteiger partial charge on any atom is -0.481 e. The molecule has 0 unspecified atom stereocenters. The summed E-state index contributed by atoms with van der Waals surface area (Å²) in [5, 5.41) is 8.62. The van der Waals surface area contributed by atoms with Gasteiger partial charge in [0.25, 0.3) is 0 Å². The van der Waals surface area contributed by atoms with E-state index in [0.717, 1.165) is 11.3 Å². The molecule has 5 heteroatoms. The van der Waals surface area contributed by atoms with Crippen LogP contribution < -0.4 is 0 Å². The van der Waals surface area contributed by atoms with Gasteiger partial charge in [0, 0.05) is 17.3 Å². The molecule has 96 valence electrons. The Labute approximate surface area is 110 Å². The zero-order valence-electron chi connectivity index (χ0n) is 10.3. The van der Waals surface area contributed by atoms with Crippen molar-refractivity contribution in [3.63, 3.8) is 0 Å². The molecule has 0 fully saturated rings. The number of hydrogen-bond donors (Lipinski definition) is 1. The van der Waals surface area contributed by atoms with E-state index in [9.17, 15) is 9.59 Å². The number of rotatable bonds is 4. The number of aryl methyl sites for hydroxylation is 1. The molecule has 1 heterocycles. The third-order valence-electron chi connectivity index (χ3n) is 2.55. The number of aliphatic carboxylic acids is 1. The highest BCUT2D eigenvalue weighted by atomic mass is 16.4. The van der Waals surface area contributed by atoms with Gasteiger partial charge in [0.05, 0.1) is 17.6 Å². The molecule has 1 aromatic heterocycles. The van der Waals surface area contributed by atoms with Crippen molar-refractivity contribution in [1.82, 2.24) is 9.97 Å². The number of hydrogen-bond acceptors (Lipinski definition) is 4. The molecule has 0 saturated carbocycles. The van der Waals surface area contributed by atoms with Gasteiger partial charge in [0.2, 0.25) is 0 Å². The van der Waals surface area contributed by atoms with Crippen LogP contribution in [0.5, 0.6) is 0 Å². The molecular formula is C14H12N2O3.